The van der Waals surface area contributed by atoms with Crippen LogP contribution in [0.4, 0.5) is 4.39 Å². The zero-order chi connectivity index (χ0) is 14.6. The molecule has 0 bridgehead atoms. The molecule has 20 heavy (non-hydrogen) atoms. The lowest BCUT2D eigenvalue weighted by Gasteiger charge is -2.08. The molecule has 1 N–H and O–H groups in total. The monoisotopic (exact) mass is 291 g/mol. The van der Waals surface area contributed by atoms with Crippen LogP contribution in [0.3, 0.4) is 0 Å². The molecule has 2 aromatic rings. The quantitative estimate of drug-likeness (QED) is 0.927. The van der Waals surface area contributed by atoms with Crippen molar-refractivity contribution < 1.29 is 12.8 Å². The van der Waals surface area contributed by atoms with Gasteiger partial charge in [0.05, 0.1) is 0 Å². The lowest BCUT2D eigenvalue weighted by atomic mass is 10.2. The van der Waals surface area contributed by atoms with E-state index in [1.165, 1.54) is 24.5 Å². The van der Waals surface area contributed by atoms with Crippen LogP contribution < -0.4 is 4.72 Å². The summed E-state index contributed by atoms with van der Waals surface area (Å²) < 4.78 is 39.9. The van der Waals surface area contributed by atoms with Crippen LogP contribution in [0.25, 0.3) is 0 Å². The Morgan fingerprint density at radius 3 is 2.60 bits per heavy atom. The number of hydrogen-bond acceptors (Lipinski definition) is 4. The fourth-order valence-corrected chi connectivity index (χ4v) is 2.78. The van der Waals surface area contributed by atoms with Gasteiger partial charge in [-0.15, -0.1) is 0 Å². The number of halogens is 1. The standard InChI is InChI=1S/C13H10FN3O2S/c14-12-2-1-3-13(11(12)8-15)20(18,19)17-9-10-4-6-16-7-5-10/h1-7,17H,9H2. The zero-order valence-corrected chi connectivity index (χ0v) is 11.1. The summed E-state index contributed by atoms with van der Waals surface area (Å²) in [6.45, 7) is 0.0340. The molecule has 1 aromatic heterocycles. The van der Waals surface area contributed by atoms with E-state index in [9.17, 15) is 12.8 Å². The van der Waals surface area contributed by atoms with Gasteiger partial charge in [0, 0.05) is 18.9 Å². The van der Waals surface area contributed by atoms with Gasteiger partial charge in [-0.2, -0.15) is 5.26 Å². The average molecular weight is 291 g/mol. The minimum absolute atomic E-state index is 0.0340. The van der Waals surface area contributed by atoms with Gasteiger partial charge in [0.25, 0.3) is 0 Å². The van der Waals surface area contributed by atoms with Crippen molar-refractivity contribution in [1.82, 2.24) is 9.71 Å². The predicted octanol–water partition coefficient (Wildman–Crippen LogP) is 1.57. The summed E-state index contributed by atoms with van der Waals surface area (Å²) in [7, 11) is -3.96. The van der Waals surface area contributed by atoms with Gasteiger partial charge >= 0.3 is 0 Å². The Kier molecular flexibility index (Phi) is 4.08. The highest BCUT2D eigenvalue weighted by Crippen LogP contribution is 2.18. The Bertz CT molecular complexity index is 755. The first-order chi connectivity index (χ1) is 9.54. The van der Waals surface area contributed by atoms with Crippen LogP contribution in [-0.4, -0.2) is 13.4 Å². The molecule has 0 unspecified atom stereocenters. The summed E-state index contributed by atoms with van der Waals surface area (Å²) in [4.78, 5) is 3.45. The van der Waals surface area contributed by atoms with Gasteiger partial charge in [-0.05, 0) is 29.8 Å². The van der Waals surface area contributed by atoms with E-state index in [2.05, 4.69) is 9.71 Å². The molecule has 2 rings (SSSR count). The van der Waals surface area contributed by atoms with E-state index < -0.39 is 21.4 Å². The highest BCUT2D eigenvalue weighted by molar-refractivity contribution is 7.89. The number of nitrogens with one attached hydrogen (secondary N) is 1. The number of nitriles is 1. The van der Waals surface area contributed by atoms with Crippen LogP contribution in [0, 0.1) is 17.1 Å². The third-order valence-corrected chi connectivity index (χ3v) is 4.04. The second-order valence-corrected chi connectivity index (χ2v) is 5.64. The molecule has 102 valence electrons. The minimum atomic E-state index is -3.96. The normalized spacial score (nSPS) is 11.0. The van der Waals surface area contributed by atoms with Gasteiger partial charge in [0.15, 0.2) is 0 Å². The Balaban J connectivity index is 2.28. The molecule has 0 aliphatic carbocycles. The van der Waals surface area contributed by atoms with Crippen molar-refractivity contribution >= 4 is 10.0 Å². The predicted molar refractivity (Wildman–Crippen MR) is 69.4 cm³/mol. The van der Waals surface area contributed by atoms with Crippen LogP contribution in [0.15, 0.2) is 47.6 Å². The first-order valence-electron chi connectivity index (χ1n) is 5.62. The lowest BCUT2D eigenvalue weighted by molar-refractivity contribution is 0.576. The van der Waals surface area contributed by atoms with E-state index >= 15 is 0 Å². The number of sulfonamides is 1. The maximum atomic E-state index is 13.4. The molecule has 0 fully saturated rings. The summed E-state index contributed by atoms with van der Waals surface area (Å²) in [6.07, 6.45) is 3.07. The highest BCUT2D eigenvalue weighted by atomic mass is 32.2. The van der Waals surface area contributed by atoms with Gasteiger partial charge in [0.1, 0.15) is 22.3 Å². The number of nitrogens with zero attached hydrogens (tertiary/aromatic N) is 2. The first kappa shape index (κ1) is 14.1. The summed E-state index contributed by atoms with van der Waals surface area (Å²) in [5.74, 6) is -0.862. The van der Waals surface area contributed by atoms with Crippen molar-refractivity contribution in [2.45, 2.75) is 11.4 Å². The number of hydrogen-bond donors (Lipinski definition) is 1. The number of benzene rings is 1. The highest BCUT2D eigenvalue weighted by Gasteiger charge is 2.20. The molecule has 0 aliphatic heterocycles. The number of pyridine rings is 1. The molecule has 0 saturated heterocycles. The second-order valence-electron chi connectivity index (χ2n) is 3.90. The molecule has 5 nitrogen and oxygen atoms in total. The van der Waals surface area contributed by atoms with Crippen molar-refractivity contribution in [3.05, 3.63) is 59.7 Å². The van der Waals surface area contributed by atoms with E-state index in [4.69, 9.17) is 5.26 Å². The van der Waals surface area contributed by atoms with Crippen molar-refractivity contribution in [1.29, 1.82) is 5.26 Å². The van der Waals surface area contributed by atoms with E-state index in [-0.39, 0.29) is 11.4 Å². The van der Waals surface area contributed by atoms with Gasteiger partial charge < -0.3 is 0 Å². The van der Waals surface area contributed by atoms with Gasteiger partial charge in [-0.25, -0.2) is 17.5 Å². The summed E-state index contributed by atoms with van der Waals surface area (Å²) >= 11 is 0. The molecule has 1 heterocycles. The van der Waals surface area contributed by atoms with Crippen LogP contribution in [0.5, 0.6) is 0 Å². The molecule has 7 heteroatoms. The van der Waals surface area contributed by atoms with Crippen LogP contribution >= 0.6 is 0 Å². The summed E-state index contributed by atoms with van der Waals surface area (Å²) in [5.41, 5.74) is 0.216. The molecule has 0 amide bonds. The Morgan fingerprint density at radius 2 is 1.95 bits per heavy atom. The third kappa shape index (κ3) is 2.99. The molecule has 0 atom stereocenters. The Morgan fingerprint density at radius 1 is 1.25 bits per heavy atom. The molecular weight excluding hydrogens is 281 g/mol. The fraction of sp³-hybridized carbons (Fsp3) is 0.0769. The summed E-state index contributed by atoms with van der Waals surface area (Å²) in [5, 5.41) is 8.86. The van der Waals surface area contributed by atoms with E-state index in [1.807, 2.05) is 0 Å². The zero-order valence-electron chi connectivity index (χ0n) is 10.2. The molecule has 0 saturated carbocycles. The van der Waals surface area contributed by atoms with Crippen molar-refractivity contribution in [3.8, 4) is 6.07 Å². The minimum Gasteiger partial charge on any atom is -0.265 e. The molecule has 0 aliphatic rings. The lowest BCUT2D eigenvalue weighted by Crippen LogP contribution is -2.24. The molecule has 0 radical (unpaired) electrons. The maximum Gasteiger partial charge on any atom is 0.242 e. The van der Waals surface area contributed by atoms with E-state index in [0.29, 0.717) is 5.56 Å². The summed E-state index contributed by atoms with van der Waals surface area (Å²) in [6, 6.07) is 8.35. The molecule has 0 spiro atoms. The Hall–Kier alpha value is -2.30. The van der Waals surface area contributed by atoms with Gasteiger partial charge in [-0.3, -0.25) is 4.98 Å². The molecular formula is C13H10FN3O2S. The van der Waals surface area contributed by atoms with Crippen molar-refractivity contribution in [3.63, 3.8) is 0 Å². The van der Waals surface area contributed by atoms with Crippen molar-refractivity contribution in [2.24, 2.45) is 0 Å². The second kappa shape index (κ2) is 5.77. The topological polar surface area (TPSA) is 82.8 Å². The van der Waals surface area contributed by atoms with Crippen LogP contribution in [-0.2, 0) is 16.6 Å². The fourth-order valence-electron chi connectivity index (χ4n) is 1.59. The Labute approximate surface area is 115 Å². The van der Waals surface area contributed by atoms with Gasteiger partial charge in [0.2, 0.25) is 10.0 Å². The van der Waals surface area contributed by atoms with Gasteiger partial charge in [-0.1, -0.05) is 6.07 Å². The number of aromatic nitrogens is 1. The maximum absolute atomic E-state index is 13.4. The smallest absolute Gasteiger partial charge is 0.242 e. The third-order valence-electron chi connectivity index (χ3n) is 2.59. The largest absolute Gasteiger partial charge is 0.265 e. The molecule has 1 aromatic carbocycles. The SMILES string of the molecule is N#Cc1c(F)cccc1S(=O)(=O)NCc1ccncc1. The van der Waals surface area contributed by atoms with Crippen molar-refractivity contribution in [2.75, 3.05) is 0 Å². The average Bonchev–Trinajstić information content (AvgIpc) is 2.46. The number of rotatable bonds is 4. The first-order valence-corrected chi connectivity index (χ1v) is 7.10. The van der Waals surface area contributed by atoms with E-state index in [1.54, 1.807) is 18.2 Å². The van der Waals surface area contributed by atoms with Crippen LogP contribution in [0.2, 0.25) is 0 Å². The van der Waals surface area contributed by atoms with Crippen LogP contribution in [0.1, 0.15) is 11.1 Å². The van der Waals surface area contributed by atoms with E-state index in [0.717, 1.165) is 6.07 Å².